The Morgan fingerprint density at radius 3 is 2.70 bits per heavy atom. The first-order chi connectivity index (χ1) is 9.58. The molecule has 0 aromatic carbocycles. The van der Waals surface area contributed by atoms with E-state index in [-0.39, 0.29) is 0 Å². The maximum atomic E-state index is 5.41. The molecule has 0 amide bonds. The average Bonchev–Trinajstić information content (AvgIpc) is 2.79. The van der Waals surface area contributed by atoms with E-state index in [1.807, 2.05) is 0 Å². The lowest BCUT2D eigenvalue weighted by Crippen LogP contribution is -2.38. The second kappa shape index (κ2) is 7.47. The molecule has 1 fully saturated rings. The summed E-state index contributed by atoms with van der Waals surface area (Å²) in [7, 11) is 0. The summed E-state index contributed by atoms with van der Waals surface area (Å²) < 4.78 is 8.59. The van der Waals surface area contributed by atoms with Gasteiger partial charge in [0.2, 0.25) is 5.95 Å². The number of hydrogen-bond donors (Lipinski definition) is 0. The lowest BCUT2D eigenvalue weighted by molar-refractivity contribution is 0.121. The van der Waals surface area contributed by atoms with E-state index in [0.717, 1.165) is 54.2 Å². The molecule has 0 spiro atoms. The zero-order chi connectivity index (χ0) is 14.5. The van der Waals surface area contributed by atoms with E-state index in [2.05, 4.69) is 56.0 Å². The minimum absolute atomic E-state index is 0.553. The third-order valence-electron chi connectivity index (χ3n) is 2.90. The molecule has 0 aliphatic carbocycles. The standard InChI is InChI=1S/C13H21BrN4OS/c1-10(2)8-18-12(17-4-6-19-7-5-17)15-16-13(18)20-9-11(3)14/h10H,3-9H2,1-2H3. The van der Waals surface area contributed by atoms with Crippen LogP contribution in [0.2, 0.25) is 0 Å². The Kier molecular flexibility index (Phi) is 5.92. The summed E-state index contributed by atoms with van der Waals surface area (Å²) in [6.07, 6.45) is 0. The Balaban J connectivity index is 2.19. The van der Waals surface area contributed by atoms with Gasteiger partial charge in [0.05, 0.1) is 13.2 Å². The molecule has 1 saturated heterocycles. The highest BCUT2D eigenvalue weighted by molar-refractivity contribution is 9.11. The van der Waals surface area contributed by atoms with Gasteiger partial charge in [-0.1, -0.05) is 48.1 Å². The highest BCUT2D eigenvalue weighted by Crippen LogP contribution is 2.26. The van der Waals surface area contributed by atoms with Crippen molar-refractivity contribution in [2.75, 3.05) is 37.0 Å². The number of halogens is 1. The number of ether oxygens (including phenoxy) is 1. The molecule has 2 heterocycles. The molecule has 7 heteroatoms. The fourth-order valence-corrected chi connectivity index (χ4v) is 3.09. The van der Waals surface area contributed by atoms with Crippen LogP contribution in [-0.2, 0) is 11.3 Å². The second-order valence-electron chi connectivity index (χ2n) is 5.19. The Morgan fingerprint density at radius 2 is 2.10 bits per heavy atom. The van der Waals surface area contributed by atoms with Gasteiger partial charge < -0.3 is 9.64 Å². The molecule has 0 saturated carbocycles. The number of anilines is 1. The van der Waals surface area contributed by atoms with E-state index < -0.39 is 0 Å². The summed E-state index contributed by atoms with van der Waals surface area (Å²) in [6, 6.07) is 0. The van der Waals surface area contributed by atoms with Crippen LogP contribution in [0.1, 0.15) is 13.8 Å². The van der Waals surface area contributed by atoms with Crippen molar-refractivity contribution < 1.29 is 4.74 Å². The summed E-state index contributed by atoms with van der Waals surface area (Å²) in [6.45, 7) is 12.5. The molecule has 1 aromatic heterocycles. The van der Waals surface area contributed by atoms with Gasteiger partial charge in [-0.3, -0.25) is 4.57 Å². The first kappa shape index (κ1) is 15.9. The van der Waals surface area contributed by atoms with Crippen LogP contribution in [0.4, 0.5) is 5.95 Å². The van der Waals surface area contributed by atoms with Crippen molar-refractivity contribution >= 4 is 33.6 Å². The molecule has 0 N–H and O–H groups in total. The normalized spacial score (nSPS) is 15.9. The van der Waals surface area contributed by atoms with Crippen molar-refractivity contribution in [1.29, 1.82) is 0 Å². The van der Waals surface area contributed by atoms with Gasteiger partial charge in [-0.25, -0.2) is 0 Å². The molecule has 112 valence electrons. The minimum atomic E-state index is 0.553. The molecule has 1 aliphatic rings. The topological polar surface area (TPSA) is 43.2 Å². The zero-order valence-electron chi connectivity index (χ0n) is 12.0. The molecule has 20 heavy (non-hydrogen) atoms. The minimum Gasteiger partial charge on any atom is -0.378 e. The van der Waals surface area contributed by atoms with Crippen LogP contribution in [0.3, 0.4) is 0 Å². The maximum Gasteiger partial charge on any atom is 0.228 e. The first-order valence-corrected chi connectivity index (χ1v) is 8.57. The summed E-state index contributed by atoms with van der Waals surface area (Å²) >= 11 is 5.06. The van der Waals surface area contributed by atoms with Crippen LogP contribution < -0.4 is 4.90 Å². The van der Waals surface area contributed by atoms with E-state index in [1.165, 1.54) is 0 Å². The Bertz CT molecular complexity index is 457. The smallest absolute Gasteiger partial charge is 0.228 e. The monoisotopic (exact) mass is 360 g/mol. The van der Waals surface area contributed by atoms with Crippen molar-refractivity contribution in [3.63, 3.8) is 0 Å². The molecule has 5 nitrogen and oxygen atoms in total. The lowest BCUT2D eigenvalue weighted by Gasteiger charge is -2.28. The second-order valence-corrected chi connectivity index (χ2v) is 7.26. The summed E-state index contributed by atoms with van der Waals surface area (Å²) in [5.41, 5.74) is 0. The van der Waals surface area contributed by atoms with Gasteiger partial charge in [-0.15, -0.1) is 10.2 Å². The summed E-state index contributed by atoms with van der Waals surface area (Å²) in [5, 5.41) is 9.70. The number of rotatable bonds is 6. The van der Waals surface area contributed by atoms with Crippen LogP contribution in [0.15, 0.2) is 16.2 Å². The van der Waals surface area contributed by atoms with E-state index in [1.54, 1.807) is 11.8 Å². The van der Waals surface area contributed by atoms with Crippen molar-refractivity contribution in [3.05, 3.63) is 11.1 Å². The first-order valence-electron chi connectivity index (χ1n) is 6.80. The van der Waals surface area contributed by atoms with E-state index in [9.17, 15) is 0 Å². The largest absolute Gasteiger partial charge is 0.378 e. The fraction of sp³-hybridized carbons (Fsp3) is 0.692. The van der Waals surface area contributed by atoms with Crippen LogP contribution in [0, 0.1) is 5.92 Å². The van der Waals surface area contributed by atoms with Crippen molar-refractivity contribution in [3.8, 4) is 0 Å². The fourth-order valence-electron chi connectivity index (χ4n) is 2.05. The highest BCUT2D eigenvalue weighted by Gasteiger charge is 2.21. The Morgan fingerprint density at radius 1 is 1.40 bits per heavy atom. The van der Waals surface area contributed by atoms with Crippen LogP contribution in [0.5, 0.6) is 0 Å². The van der Waals surface area contributed by atoms with Gasteiger partial charge in [-0.2, -0.15) is 0 Å². The van der Waals surface area contributed by atoms with Gasteiger partial charge in [0.15, 0.2) is 5.16 Å². The highest BCUT2D eigenvalue weighted by atomic mass is 79.9. The number of aromatic nitrogens is 3. The van der Waals surface area contributed by atoms with Crippen molar-refractivity contribution in [1.82, 2.24) is 14.8 Å². The number of hydrogen-bond acceptors (Lipinski definition) is 5. The number of nitrogens with zero attached hydrogens (tertiary/aromatic N) is 4. The molecule has 0 unspecified atom stereocenters. The number of morpholine rings is 1. The van der Waals surface area contributed by atoms with Gasteiger partial charge in [0.25, 0.3) is 0 Å². The quantitative estimate of drug-likeness (QED) is 0.729. The van der Waals surface area contributed by atoms with Crippen LogP contribution in [-0.4, -0.2) is 46.8 Å². The molecular weight excluding hydrogens is 340 g/mol. The third kappa shape index (κ3) is 4.23. The van der Waals surface area contributed by atoms with Gasteiger partial charge in [0.1, 0.15) is 0 Å². The molecule has 0 bridgehead atoms. The lowest BCUT2D eigenvalue weighted by atomic mass is 10.2. The van der Waals surface area contributed by atoms with Gasteiger partial charge >= 0.3 is 0 Å². The van der Waals surface area contributed by atoms with E-state index in [0.29, 0.717) is 5.92 Å². The van der Waals surface area contributed by atoms with E-state index >= 15 is 0 Å². The van der Waals surface area contributed by atoms with Gasteiger partial charge in [0, 0.05) is 25.4 Å². The summed E-state index contributed by atoms with van der Waals surface area (Å²) in [4.78, 5) is 2.26. The van der Waals surface area contributed by atoms with Crippen LogP contribution >= 0.6 is 27.7 Å². The van der Waals surface area contributed by atoms with Crippen LogP contribution in [0.25, 0.3) is 0 Å². The van der Waals surface area contributed by atoms with E-state index in [4.69, 9.17) is 4.74 Å². The molecule has 1 aromatic rings. The zero-order valence-corrected chi connectivity index (χ0v) is 14.4. The number of thioether (sulfide) groups is 1. The van der Waals surface area contributed by atoms with Gasteiger partial charge in [-0.05, 0) is 10.4 Å². The van der Waals surface area contributed by atoms with Crippen molar-refractivity contribution in [2.45, 2.75) is 25.5 Å². The maximum absolute atomic E-state index is 5.41. The molecule has 2 rings (SSSR count). The predicted octanol–water partition coefficient (Wildman–Crippen LogP) is 2.77. The molecule has 1 aliphatic heterocycles. The SMILES string of the molecule is C=C(Br)CSc1nnc(N2CCOCC2)n1CC(C)C. The third-order valence-corrected chi connectivity index (χ3v) is 4.60. The molecule has 0 radical (unpaired) electrons. The van der Waals surface area contributed by atoms with Crippen molar-refractivity contribution in [2.24, 2.45) is 5.92 Å². The predicted molar refractivity (Wildman–Crippen MR) is 86.7 cm³/mol. The summed E-state index contributed by atoms with van der Waals surface area (Å²) in [5.74, 6) is 2.32. The molecule has 0 atom stereocenters. The Labute approximate surface area is 132 Å². The average molecular weight is 361 g/mol. The molecular formula is C13H21BrN4OS. The Hall–Kier alpha value is -0.530.